The standard InChI is InChI=1S/C12H22N2O3S/c1-9-7-13(5-6-18-9)11(17)14(8-10(15)16)12(2,3)4/h9H,5-8H2,1-4H3,(H,15,16). The Labute approximate surface area is 113 Å². The Kier molecular flexibility index (Phi) is 4.90. The molecule has 6 heteroatoms. The zero-order valence-electron chi connectivity index (χ0n) is 11.5. The highest BCUT2D eigenvalue weighted by Crippen LogP contribution is 2.21. The smallest absolute Gasteiger partial charge is 0.323 e. The molecule has 104 valence electrons. The molecular formula is C12H22N2O3S. The lowest BCUT2D eigenvalue weighted by Crippen LogP contribution is -2.55. The molecule has 1 unspecified atom stereocenters. The van der Waals surface area contributed by atoms with Crippen LogP contribution in [0.3, 0.4) is 0 Å². The number of urea groups is 1. The molecule has 0 aromatic carbocycles. The monoisotopic (exact) mass is 274 g/mol. The molecule has 18 heavy (non-hydrogen) atoms. The maximum atomic E-state index is 12.4. The molecule has 1 fully saturated rings. The first kappa shape index (κ1) is 15.1. The number of carboxylic acids is 1. The van der Waals surface area contributed by atoms with Gasteiger partial charge in [0.05, 0.1) is 0 Å². The largest absolute Gasteiger partial charge is 0.480 e. The molecule has 1 aliphatic rings. The van der Waals surface area contributed by atoms with Gasteiger partial charge >= 0.3 is 12.0 Å². The van der Waals surface area contributed by atoms with Gasteiger partial charge in [0, 0.05) is 29.6 Å². The van der Waals surface area contributed by atoms with Crippen molar-refractivity contribution in [2.75, 3.05) is 25.4 Å². The summed E-state index contributed by atoms with van der Waals surface area (Å²) in [5.74, 6) is -0.0597. The summed E-state index contributed by atoms with van der Waals surface area (Å²) < 4.78 is 0. The lowest BCUT2D eigenvalue weighted by Gasteiger charge is -2.40. The molecule has 0 spiro atoms. The molecule has 1 aliphatic heterocycles. The number of hydrogen-bond donors (Lipinski definition) is 1. The highest BCUT2D eigenvalue weighted by atomic mass is 32.2. The Hall–Kier alpha value is -0.910. The van der Waals surface area contributed by atoms with E-state index in [2.05, 4.69) is 6.92 Å². The molecule has 5 nitrogen and oxygen atoms in total. The van der Waals surface area contributed by atoms with Crippen molar-refractivity contribution in [3.05, 3.63) is 0 Å². The highest BCUT2D eigenvalue weighted by molar-refractivity contribution is 7.99. The van der Waals surface area contributed by atoms with Crippen LogP contribution in [0.1, 0.15) is 27.7 Å². The van der Waals surface area contributed by atoms with Crippen LogP contribution in [0, 0.1) is 0 Å². The van der Waals surface area contributed by atoms with Crippen LogP contribution in [0.4, 0.5) is 4.79 Å². The van der Waals surface area contributed by atoms with Crippen molar-refractivity contribution in [3.63, 3.8) is 0 Å². The topological polar surface area (TPSA) is 60.9 Å². The van der Waals surface area contributed by atoms with Crippen LogP contribution in [0.15, 0.2) is 0 Å². The van der Waals surface area contributed by atoms with Gasteiger partial charge in [-0.2, -0.15) is 11.8 Å². The number of carbonyl (C=O) groups is 2. The molecule has 2 amide bonds. The molecule has 1 saturated heterocycles. The lowest BCUT2D eigenvalue weighted by molar-refractivity contribution is -0.138. The lowest BCUT2D eigenvalue weighted by atomic mass is 10.1. The zero-order valence-corrected chi connectivity index (χ0v) is 12.3. The quantitative estimate of drug-likeness (QED) is 0.833. The molecule has 1 rings (SSSR count). The first-order chi connectivity index (χ1) is 8.21. The molecule has 0 radical (unpaired) electrons. The summed E-state index contributed by atoms with van der Waals surface area (Å²) in [4.78, 5) is 26.5. The number of nitrogens with zero attached hydrogens (tertiary/aromatic N) is 2. The van der Waals surface area contributed by atoms with Crippen LogP contribution < -0.4 is 0 Å². The summed E-state index contributed by atoms with van der Waals surface area (Å²) in [5.41, 5.74) is -0.483. The Morgan fingerprint density at radius 2 is 2.06 bits per heavy atom. The van der Waals surface area contributed by atoms with Gasteiger partial charge in [-0.1, -0.05) is 6.92 Å². The fourth-order valence-electron chi connectivity index (χ4n) is 1.89. The summed E-state index contributed by atoms with van der Waals surface area (Å²) in [7, 11) is 0. The van der Waals surface area contributed by atoms with Crippen molar-refractivity contribution in [2.45, 2.75) is 38.5 Å². The van der Waals surface area contributed by atoms with E-state index in [1.165, 1.54) is 4.90 Å². The number of hydrogen-bond acceptors (Lipinski definition) is 3. The van der Waals surface area contributed by atoms with E-state index < -0.39 is 11.5 Å². The summed E-state index contributed by atoms with van der Waals surface area (Å²) in [6.45, 7) is 8.79. The van der Waals surface area contributed by atoms with Gasteiger partial charge in [0.15, 0.2) is 0 Å². The molecule has 1 N–H and O–H groups in total. The molecule has 0 aliphatic carbocycles. The minimum atomic E-state index is -0.974. The van der Waals surface area contributed by atoms with Gasteiger partial charge in [0.1, 0.15) is 6.54 Å². The number of carboxylic acid groups (broad SMARTS) is 1. The number of rotatable bonds is 2. The first-order valence-electron chi connectivity index (χ1n) is 6.11. The van der Waals surface area contributed by atoms with Gasteiger partial charge < -0.3 is 14.9 Å². The van der Waals surface area contributed by atoms with Gasteiger partial charge in [-0.25, -0.2) is 4.79 Å². The second kappa shape index (κ2) is 5.82. The first-order valence-corrected chi connectivity index (χ1v) is 7.16. The van der Waals surface area contributed by atoms with Crippen LogP contribution in [-0.2, 0) is 4.79 Å². The van der Waals surface area contributed by atoms with E-state index in [-0.39, 0.29) is 12.6 Å². The number of amides is 2. The number of carbonyl (C=O) groups excluding carboxylic acids is 1. The van der Waals surface area contributed by atoms with Gasteiger partial charge in [0.2, 0.25) is 0 Å². The third kappa shape index (κ3) is 4.08. The van der Waals surface area contributed by atoms with Crippen LogP contribution in [0.5, 0.6) is 0 Å². The summed E-state index contributed by atoms with van der Waals surface area (Å²) in [6.07, 6.45) is 0. The average Bonchev–Trinajstić information content (AvgIpc) is 2.23. The maximum Gasteiger partial charge on any atom is 0.323 e. The van der Waals surface area contributed by atoms with E-state index in [0.717, 1.165) is 5.75 Å². The van der Waals surface area contributed by atoms with Crippen molar-refractivity contribution in [2.24, 2.45) is 0 Å². The van der Waals surface area contributed by atoms with E-state index in [1.54, 1.807) is 4.90 Å². The van der Waals surface area contributed by atoms with Crippen LogP contribution in [0.25, 0.3) is 0 Å². The van der Waals surface area contributed by atoms with Gasteiger partial charge in [-0.05, 0) is 20.8 Å². The van der Waals surface area contributed by atoms with E-state index in [1.807, 2.05) is 32.5 Å². The Balaban J connectivity index is 2.78. The second-order valence-corrected chi connectivity index (χ2v) is 7.11. The fraction of sp³-hybridized carbons (Fsp3) is 0.833. The predicted molar refractivity (Wildman–Crippen MR) is 73.0 cm³/mol. The SMILES string of the molecule is CC1CN(C(=O)N(CC(=O)O)C(C)(C)C)CCS1. The molecule has 1 atom stereocenters. The van der Waals surface area contributed by atoms with Gasteiger partial charge in [0.25, 0.3) is 0 Å². The van der Waals surface area contributed by atoms with Crippen molar-refractivity contribution < 1.29 is 14.7 Å². The van der Waals surface area contributed by atoms with E-state index in [0.29, 0.717) is 18.3 Å². The Morgan fingerprint density at radius 1 is 1.44 bits per heavy atom. The van der Waals surface area contributed by atoms with Crippen LogP contribution in [0.2, 0.25) is 0 Å². The normalized spacial score (nSPS) is 20.7. The third-order valence-electron chi connectivity index (χ3n) is 2.85. The molecule has 0 saturated carbocycles. The third-order valence-corrected chi connectivity index (χ3v) is 3.98. The van der Waals surface area contributed by atoms with Crippen LogP contribution in [-0.4, -0.2) is 63.1 Å². The van der Waals surface area contributed by atoms with Crippen LogP contribution >= 0.6 is 11.8 Å². The van der Waals surface area contributed by atoms with E-state index >= 15 is 0 Å². The molecule has 0 bridgehead atoms. The van der Waals surface area contributed by atoms with Gasteiger partial charge in [-0.15, -0.1) is 0 Å². The van der Waals surface area contributed by atoms with E-state index in [4.69, 9.17) is 5.11 Å². The molecule has 0 aromatic rings. The zero-order chi connectivity index (χ0) is 13.9. The van der Waals surface area contributed by atoms with E-state index in [9.17, 15) is 9.59 Å². The molecule has 1 heterocycles. The number of thioether (sulfide) groups is 1. The highest BCUT2D eigenvalue weighted by Gasteiger charge is 2.33. The van der Waals surface area contributed by atoms with Crippen molar-refractivity contribution >= 4 is 23.8 Å². The summed E-state index contributed by atoms with van der Waals surface area (Å²) in [5, 5.41) is 9.34. The van der Waals surface area contributed by atoms with Gasteiger partial charge in [-0.3, -0.25) is 4.79 Å². The van der Waals surface area contributed by atoms with Crippen molar-refractivity contribution in [1.29, 1.82) is 0 Å². The minimum Gasteiger partial charge on any atom is -0.480 e. The molecule has 0 aromatic heterocycles. The summed E-state index contributed by atoms with van der Waals surface area (Å²) >= 11 is 1.84. The Bertz CT molecular complexity index is 328. The second-order valence-electron chi connectivity index (χ2n) is 5.56. The van der Waals surface area contributed by atoms with Crippen molar-refractivity contribution in [3.8, 4) is 0 Å². The minimum absolute atomic E-state index is 0.169. The maximum absolute atomic E-state index is 12.4. The summed E-state index contributed by atoms with van der Waals surface area (Å²) in [6, 6.07) is -0.169. The Morgan fingerprint density at radius 3 is 2.50 bits per heavy atom. The number of aliphatic carboxylic acids is 1. The van der Waals surface area contributed by atoms with Crippen molar-refractivity contribution in [1.82, 2.24) is 9.80 Å². The fourth-order valence-corrected chi connectivity index (χ4v) is 2.90. The molecular weight excluding hydrogens is 252 g/mol. The predicted octanol–water partition coefficient (Wildman–Crippen LogP) is 1.73. The average molecular weight is 274 g/mol.